The van der Waals surface area contributed by atoms with E-state index in [9.17, 15) is 9.90 Å². The van der Waals surface area contributed by atoms with Crippen LogP contribution in [0.15, 0.2) is 82.6 Å². The Kier molecular flexibility index (Phi) is 12.4. The van der Waals surface area contributed by atoms with Gasteiger partial charge in [0.2, 0.25) is 0 Å². The standard InChI is InChI=1S/C32H25N2S.C13H24O2.Ir/c1-17(2)13-20-6-8-21-9-10-23-24-11-12-33-31-27-15-22-7-5-18(3)19(4)30(22)34-32(27)35-28(29(24)31)16-26(23)25(21)14-20;1-5-10(6-2)12(14)9-13(15)11(7-3)8-4;/h5-12,14,16-17H,13H2,1-4H3;9-11,14H,5-8H2,1-4H3;/q-1;;/b;12-9-;. The number of hydrogen-bond donors (Lipinski definition) is 1. The summed E-state index contributed by atoms with van der Waals surface area (Å²) in [5.41, 5.74) is 6.93. The second-order valence-corrected chi connectivity index (χ2v) is 15.2. The number of fused-ring (bicyclic) bond motifs is 7. The molecule has 7 rings (SSSR count). The average Bonchev–Trinajstić information content (AvgIpc) is 3.10. The van der Waals surface area contributed by atoms with Gasteiger partial charge in [-0.3, -0.25) is 9.78 Å². The summed E-state index contributed by atoms with van der Waals surface area (Å²) < 4.78 is 0. The van der Waals surface area contributed by atoms with Crippen LogP contribution in [0.4, 0.5) is 0 Å². The molecule has 1 aliphatic rings. The minimum Gasteiger partial charge on any atom is -0.512 e. The van der Waals surface area contributed by atoms with Crippen LogP contribution in [-0.2, 0) is 31.3 Å². The number of aromatic nitrogens is 2. The van der Waals surface area contributed by atoms with Gasteiger partial charge in [-0.15, -0.1) is 23.9 Å². The van der Waals surface area contributed by atoms with E-state index in [1.54, 1.807) is 11.8 Å². The van der Waals surface area contributed by atoms with E-state index in [2.05, 4.69) is 88.4 Å². The first-order valence-electron chi connectivity index (χ1n) is 18.3. The van der Waals surface area contributed by atoms with Crippen molar-refractivity contribution in [2.24, 2.45) is 17.8 Å². The van der Waals surface area contributed by atoms with Crippen molar-refractivity contribution in [3.8, 4) is 11.3 Å². The Morgan fingerprint density at radius 2 is 1.57 bits per heavy atom. The molecule has 3 heterocycles. The minimum atomic E-state index is 0. The Morgan fingerprint density at radius 1 is 0.863 bits per heavy atom. The first-order chi connectivity index (χ1) is 24.1. The van der Waals surface area contributed by atoms with E-state index < -0.39 is 0 Å². The topological polar surface area (TPSA) is 63.1 Å². The molecule has 0 aliphatic carbocycles. The molecule has 0 saturated heterocycles. The van der Waals surface area contributed by atoms with Gasteiger partial charge in [0.1, 0.15) is 0 Å². The fraction of sp³-hybridized carbons (Fsp3) is 0.356. The molecule has 51 heavy (non-hydrogen) atoms. The maximum absolute atomic E-state index is 11.7. The number of carbonyl (C=O) groups excluding carboxylic acids is 1. The van der Waals surface area contributed by atoms with Gasteiger partial charge in [-0.05, 0) is 102 Å². The van der Waals surface area contributed by atoms with Crippen LogP contribution in [0.2, 0.25) is 0 Å². The van der Waals surface area contributed by atoms with Gasteiger partial charge in [-0.1, -0.05) is 100 Å². The molecule has 267 valence electrons. The number of carbonyl (C=O) groups is 1. The molecule has 0 unspecified atom stereocenters. The summed E-state index contributed by atoms with van der Waals surface area (Å²) in [7, 11) is 0. The van der Waals surface area contributed by atoms with Gasteiger partial charge < -0.3 is 10.1 Å². The van der Waals surface area contributed by atoms with E-state index >= 15 is 0 Å². The molecule has 4 nitrogen and oxygen atoms in total. The molecule has 6 aromatic rings. The van der Waals surface area contributed by atoms with Crippen LogP contribution in [0.5, 0.6) is 0 Å². The predicted octanol–water partition coefficient (Wildman–Crippen LogP) is 12.7. The van der Waals surface area contributed by atoms with Crippen LogP contribution in [-0.4, -0.2) is 20.9 Å². The number of pyridine rings is 2. The monoisotopic (exact) mass is 874 g/mol. The van der Waals surface area contributed by atoms with E-state index in [1.807, 2.05) is 33.9 Å². The fourth-order valence-electron chi connectivity index (χ4n) is 7.30. The second-order valence-electron chi connectivity index (χ2n) is 14.2. The van der Waals surface area contributed by atoms with Gasteiger partial charge >= 0.3 is 0 Å². The minimum absolute atomic E-state index is 0. The van der Waals surface area contributed by atoms with Crippen molar-refractivity contribution in [3.05, 3.63) is 95.4 Å². The van der Waals surface area contributed by atoms with Crippen molar-refractivity contribution in [2.45, 2.75) is 97.4 Å². The van der Waals surface area contributed by atoms with Gasteiger partial charge in [-0.25, -0.2) is 0 Å². The van der Waals surface area contributed by atoms with Gasteiger partial charge in [0.15, 0.2) is 5.78 Å². The Bertz CT molecular complexity index is 2270. The number of aliphatic hydroxyl groups excluding tert-OH is 1. The van der Waals surface area contributed by atoms with Gasteiger partial charge in [0.25, 0.3) is 0 Å². The van der Waals surface area contributed by atoms with E-state index in [-0.39, 0.29) is 43.5 Å². The zero-order chi connectivity index (χ0) is 35.7. The van der Waals surface area contributed by atoms with Crippen LogP contribution in [0, 0.1) is 37.7 Å². The third-order valence-electron chi connectivity index (χ3n) is 10.4. The van der Waals surface area contributed by atoms with Gasteiger partial charge in [-0.2, -0.15) is 0 Å². The van der Waals surface area contributed by atoms with Crippen LogP contribution < -0.4 is 0 Å². The third-order valence-corrected chi connectivity index (χ3v) is 11.5. The number of nitrogens with zero attached hydrogens (tertiary/aromatic N) is 2. The largest absolute Gasteiger partial charge is 0.512 e. The van der Waals surface area contributed by atoms with Crippen LogP contribution in [0.1, 0.15) is 83.9 Å². The quantitative estimate of drug-likeness (QED) is 0.0677. The van der Waals surface area contributed by atoms with Crippen LogP contribution >= 0.6 is 11.8 Å². The number of rotatable bonds is 9. The normalized spacial score (nSPS) is 12.5. The molecular weight excluding hydrogens is 825 g/mol. The van der Waals surface area contributed by atoms with Crippen molar-refractivity contribution in [1.29, 1.82) is 0 Å². The SMILES string of the molecule is CCC(CC)C(=O)/C=C(\O)C(CC)CC.Cc1ccc2[c-]c3c(nc2c1C)Sc1cc2c4cc(CC(C)C)ccc4ccc2c2ccnc-3c12.[Ir]. The molecule has 4 aromatic carbocycles. The van der Waals surface area contributed by atoms with Crippen molar-refractivity contribution >= 4 is 60.8 Å². The van der Waals surface area contributed by atoms with Crippen LogP contribution in [0.25, 0.3) is 54.5 Å². The fourth-order valence-corrected chi connectivity index (χ4v) is 8.38. The van der Waals surface area contributed by atoms with Crippen molar-refractivity contribution < 1.29 is 30.0 Å². The van der Waals surface area contributed by atoms with E-state index in [0.29, 0.717) is 5.92 Å². The number of aryl methyl sites for hydroxylation is 2. The zero-order valence-electron chi connectivity index (χ0n) is 31.1. The van der Waals surface area contributed by atoms with Crippen molar-refractivity contribution in [1.82, 2.24) is 9.97 Å². The maximum atomic E-state index is 11.7. The van der Waals surface area contributed by atoms with Crippen LogP contribution in [0.3, 0.4) is 0 Å². The molecule has 2 aromatic heterocycles. The summed E-state index contributed by atoms with van der Waals surface area (Å²) in [5, 5.41) is 19.5. The zero-order valence-corrected chi connectivity index (χ0v) is 34.3. The third kappa shape index (κ3) is 7.65. The van der Waals surface area contributed by atoms with E-state index in [0.717, 1.165) is 59.3 Å². The smallest absolute Gasteiger partial charge is 0.162 e. The molecule has 1 radical (unpaired) electrons. The number of allylic oxidation sites excluding steroid dienone is 2. The molecule has 1 N–H and O–H groups in total. The average molecular weight is 874 g/mol. The summed E-state index contributed by atoms with van der Waals surface area (Å²) in [6.07, 6.45) is 7.94. The first-order valence-corrected chi connectivity index (χ1v) is 19.1. The molecule has 0 fully saturated rings. The molecule has 6 heteroatoms. The summed E-state index contributed by atoms with van der Waals surface area (Å²) in [6.45, 7) is 16.9. The molecule has 0 amide bonds. The molecular formula is C45H49IrN2O2S-. The Morgan fingerprint density at radius 3 is 2.25 bits per heavy atom. The number of ketones is 1. The number of benzene rings is 4. The maximum Gasteiger partial charge on any atom is 0.162 e. The second kappa shape index (κ2) is 16.4. The van der Waals surface area contributed by atoms with Crippen molar-refractivity contribution in [3.63, 3.8) is 0 Å². The molecule has 0 spiro atoms. The molecule has 0 saturated carbocycles. The molecule has 1 aliphatic heterocycles. The Balaban J connectivity index is 0.000000271. The van der Waals surface area contributed by atoms with Crippen molar-refractivity contribution in [2.75, 3.05) is 0 Å². The summed E-state index contributed by atoms with van der Waals surface area (Å²) >= 11 is 1.76. The number of hydrogen-bond acceptors (Lipinski definition) is 5. The van der Waals surface area contributed by atoms with E-state index in [4.69, 9.17) is 9.97 Å². The predicted molar refractivity (Wildman–Crippen MR) is 212 cm³/mol. The number of aliphatic hydroxyl groups is 1. The molecule has 0 atom stereocenters. The van der Waals surface area contributed by atoms with E-state index in [1.165, 1.54) is 60.0 Å². The van der Waals surface area contributed by atoms with Gasteiger partial charge in [0.05, 0.1) is 5.76 Å². The summed E-state index contributed by atoms with van der Waals surface area (Å²) in [4.78, 5) is 22.9. The molecule has 0 bridgehead atoms. The summed E-state index contributed by atoms with van der Waals surface area (Å²) in [5.74, 6) is 1.18. The Labute approximate surface area is 320 Å². The van der Waals surface area contributed by atoms with Gasteiger partial charge in [0, 0.05) is 65.3 Å². The first kappa shape index (κ1) is 38.7. The Hall–Kier alpha value is -3.57. The summed E-state index contributed by atoms with van der Waals surface area (Å²) in [6, 6.07) is 24.0.